The van der Waals surface area contributed by atoms with Crippen molar-refractivity contribution in [1.29, 1.82) is 0 Å². The number of rotatable bonds is 14. The minimum absolute atomic E-state index is 0.108. The summed E-state index contributed by atoms with van der Waals surface area (Å²) in [6.07, 6.45) is 8.44. The Morgan fingerprint density at radius 1 is 0.903 bits per heavy atom. The van der Waals surface area contributed by atoms with Crippen LogP contribution in [0.3, 0.4) is 0 Å². The van der Waals surface area contributed by atoms with Crippen LogP contribution in [0.25, 0.3) is 0 Å². The molecule has 0 fully saturated rings. The van der Waals surface area contributed by atoms with E-state index in [0.29, 0.717) is 19.4 Å². The largest absolute Gasteiger partial charge is 0.466 e. The van der Waals surface area contributed by atoms with Crippen molar-refractivity contribution in [3.8, 4) is 0 Å². The van der Waals surface area contributed by atoms with Crippen LogP contribution in [-0.2, 0) is 28.8 Å². The molecule has 31 heavy (non-hydrogen) atoms. The van der Waals surface area contributed by atoms with Gasteiger partial charge in [0.15, 0.2) is 5.78 Å². The standard InChI is InChI=1S/C27H38O3S/c1-5-7-8-9-21-10-12-22(13-11-21)14-16-24(28)25-17-15-23(31-25)18-19-27(3,4)20-26(29)30-6-2/h10-13,15,17H,5-9,14,16,18-20H2,1-4H3. The van der Waals surface area contributed by atoms with E-state index in [1.165, 1.54) is 35.3 Å². The van der Waals surface area contributed by atoms with Gasteiger partial charge < -0.3 is 4.74 Å². The topological polar surface area (TPSA) is 43.4 Å². The first-order valence-corrected chi connectivity index (χ1v) is 12.5. The highest BCUT2D eigenvalue weighted by molar-refractivity contribution is 7.14. The maximum Gasteiger partial charge on any atom is 0.306 e. The molecule has 4 heteroatoms. The average Bonchev–Trinajstić information content (AvgIpc) is 3.21. The van der Waals surface area contributed by atoms with Gasteiger partial charge in [0.1, 0.15) is 0 Å². The second kappa shape index (κ2) is 12.8. The summed E-state index contributed by atoms with van der Waals surface area (Å²) >= 11 is 1.59. The maximum absolute atomic E-state index is 12.6. The molecule has 1 aromatic carbocycles. The van der Waals surface area contributed by atoms with Crippen molar-refractivity contribution >= 4 is 23.1 Å². The average molecular weight is 443 g/mol. The Morgan fingerprint density at radius 2 is 1.58 bits per heavy atom. The number of Topliss-reactive ketones (excluding diaryl/α,β-unsaturated/α-hetero) is 1. The molecule has 170 valence electrons. The molecule has 0 amide bonds. The van der Waals surface area contributed by atoms with Crippen molar-refractivity contribution in [3.63, 3.8) is 0 Å². The van der Waals surface area contributed by atoms with E-state index < -0.39 is 0 Å². The smallest absolute Gasteiger partial charge is 0.306 e. The number of ketones is 1. The Morgan fingerprint density at radius 3 is 2.23 bits per heavy atom. The number of hydrogen-bond donors (Lipinski definition) is 0. The third-order valence-electron chi connectivity index (χ3n) is 5.65. The number of esters is 1. The second-order valence-corrected chi connectivity index (χ2v) is 10.3. The van der Waals surface area contributed by atoms with Crippen LogP contribution in [-0.4, -0.2) is 18.4 Å². The zero-order chi connectivity index (χ0) is 22.7. The summed E-state index contributed by atoms with van der Waals surface area (Å²) in [4.78, 5) is 26.5. The van der Waals surface area contributed by atoms with Crippen LogP contribution in [0.2, 0.25) is 0 Å². The molecule has 0 spiro atoms. The molecule has 0 atom stereocenters. The van der Waals surface area contributed by atoms with Gasteiger partial charge in [0.25, 0.3) is 0 Å². The summed E-state index contributed by atoms with van der Waals surface area (Å²) in [5.74, 6) is 0.0811. The predicted octanol–water partition coefficient (Wildman–Crippen LogP) is 7.21. The number of aryl methyl sites for hydroxylation is 3. The van der Waals surface area contributed by atoms with Gasteiger partial charge in [0.2, 0.25) is 0 Å². The lowest BCUT2D eigenvalue weighted by molar-refractivity contribution is -0.145. The van der Waals surface area contributed by atoms with Crippen molar-refractivity contribution in [2.24, 2.45) is 5.41 Å². The van der Waals surface area contributed by atoms with Crippen LogP contribution in [0.1, 0.15) is 91.9 Å². The molecule has 0 aliphatic heterocycles. The van der Waals surface area contributed by atoms with E-state index in [1.54, 1.807) is 11.3 Å². The Bertz CT molecular complexity index is 817. The van der Waals surface area contributed by atoms with Crippen LogP contribution in [0.5, 0.6) is 0 Å². The minimum Gasteiger partial charge on any atom is -0.466 e. The fourth-order valence-electron chi connectivity index (χ4n) is 3.65. The maximum atomic E-state index is 12.6. The number of unbranched alkanes of at least 4 members (excludes halogenated alkanes) is 2. The summed E-state index contributed by atoms with van der Waals surface area (Å²) in [6, 6.07) is 12.8. The molecule has 0 radical (unpaired) electrons. The molecule has 2 aromatic rings. The molecule has 0 saturated carbocycles. The monoisotopic (exact) mass is 442 g/mol. The molecule has 0 bridgehead atoms. The highest BCUT2D eigenvalue weighted by atomic mass is 32.1. The zero-order valence-electron chi connectivity index (χ0n) is 19.7. The molecule has 0 saturated heterocycles. The molecule has 0 N–H and O–H groups in total. The Labute approximate surface area is 192 Å². The molecule has 0 aliphatic carbocycles. The molecule has 3 nitrogen and oxygen atoms in total. The van der Waals surface area contributed by atoms with Gasteiger partial charge in [-0.1, -0.05) is 57.9 Å². The fourth-order valence-corrected chi connectivity index (χ4v) is 4.62. The van der Waals surface area contributed by atoms with Crippen LogP contribution >= 0.6 is 11.3 Å². The number of thiophene rings is 1. The lowest BCUT2D eigenvalue weighted by Crippen LogP contribution is -2.19. The van der Waals surface area contributed by atoms with Gasteiger partial charge in [-0.2, -0.15) is 0 Å². The zero-order valence-corrected chi connectivity index (χ0v) is 20.5. The van der Waals surface area contributed by atoms with E-state index in [-0.39, 0.29) is 17.2 Å². The number of carbonyl (C=O) groups is 2. The van der Waals surface area contributed by atoms with Gasteiger partial charge in [-0.3, -0.25) is 9.59 Å². The lowest BCUT2D eigenvalue weighted by atomic mass is 9.84. The molecule has 2 rings (SSSR count). The molecule has 0 aliphatic rings. The Kier molecular flexibility index (Phi) is 10.5. The fraction of sp³-hybridized carbons (Fsp3) is 0.556. The third-order valence-corrected chi connectivity index (χ3v) is 6.83. The molecular formula is C27H38O3S. The normalized spacial score (nSPS) is 11.5. The van der Waals surface area contributed by atoms with Crippen molar-refractivity contribution < 1.29 is 14.3 Å². The van der Waals surface area contributed by atoms with Gasteiger partial charge in [0.05, 0.1) is 17.9 Å². The van der Waals surface area contributed by atoms with Crippen molar-refractivity contribution in [2.75, 3.05) is 6.61 Å². The number of ether oxygens (including phenoxy) is 1. The molecule has 1 aromatic heterocycles. The number of benzene rings is 1. The third kappa shape index (κ3) is 9.39. The van der Waals surface area contributed by atoms with Crippen molar-refractivity contribution in [2.45, 2.75) is 85.5 Å². The van der Waals surface area contributed by atoms with E-state index in [4.69, 9.17) is 4.74 Å². The second-order valence-electron chi connectivity index (χ2n) is 9.11. The summed E-state index contributed by atoms with van der Waals surface area (Å²) in [6.45, 7) is 8.67. The minimum atomic E-state index is -0.136. The van der Waals surface area contributed by atoms with Crippen LogP contribution in [0.4, 0.5) is 0 Å². The van der Waals surface area contributed by atoms with E-state index in [9.17, 15) is 9.59 Å². The van der Waals surface area contributed by atoms with Gasteiger partial charge in [-0.15, -0.1) is 11.3 Å². The van der Waals surface area contributed by atoms with Crippen molar-refractivity contribution in [3.05, 3.63) is 57.3 Å². The van der Waals surface area contributed by atoms with E-state index in [1.807, 2.05) is 13.0 Å². The van der Waals surface area contributed by atoms with Crippen LogP contribution in [0.15, 0.2) is 36.4 Å². The quantitative estimate of drug-likeness (QED) is 0.176. The highest BCUT2D eigenvalue weighted by Crippen LogP contribution is 2.30. The number of hydrogen-bond acceptors (Lipinski definition) is 4. The Hall–Kier alpha value is -1.94. The molecular weight excluding hydrogens is 404 g/mol. The Balaban J connectivity index is 1.79. The van der Waals surface area contributed by atoms with Crippen molar-refractivity contribution in [1.82, 2.24) is 0 Å². The molecule has 1 heterocycles. The first kappa shape index (κ1) is 25.3. The number of carbonyl (C=O) groups excluding carboxylic acids is 2. The lowest BCUT2D eigenvalue weighted by Gasteiger charge is -2.22. The SMILES string of the molecule is CCCCCc1ccc(CCC(=O)c2ccc(CCC(C)(C)CC(=O)OCC)s2)cc1. The highest BCUT2D eigenvalue weighted by Gasteiger charge is 2.23. The van der Waals surface area contributed by atoms with E-state index in [0.717, 1.165) is 30.6 Å². The van der Waals surface area contributed by atoms with Gasteiger partial charge >= 0.3 is 5.97 Å². The molecule has 0 unspecified atom stereocenters. The summed E-state index contributed by atoms with van der Waals surface area (Å²) < 4.78 is 5.08. The van der Waals surface area contributed by atoms with E-state index >= 15 is 0 Å². The van der Waals surface area contributed by atoms with Crippen LogP contribution in [0, 0.1) is 5.41 Å². The van der Waals surface area contributed by atoms with Crippen LogP contribution < -0.4 is 0 Å². The van der Waals surface area contributed by atoms with Gasteiger partial charge in [-0.05, 0) is 67.7 Å². The van der Waals surface area contributed by atoms with Gasteiger partial charge in [0, 0.05) is 11.3 Å². The van der Waals surface area contributed by atoms with Gasteiger partial charge in [-0.25, -0.2) is 0 Å². The summed E-state index contributed by atoms with van der Waals surface area (Å²) in [7, 11) is 0. The first-order valence-electron chi connectivity index (χ1n) is 11.7. The predicted molar refractivity (Wildman–Crippen MR) is 130 cm³/mol. The first-order chi connectivity index (χ1) is 14.8. The summed E-state index contributed by atoms with van der Waals surface area (Å²) in [5.41, 5.74) is 2.51. The van der Waals surface area contributed by atoms with E-state index in [2.05, 4.69) is 51.1 Å². The summed E-state index contributed by atoms with van der Waals surface area (Å²) in [5, 5.41) is 0.